The predicted molar refractivity (Wildman–Crippen MR) is 140 cm³/mol. The number of nitrogens with two attached hydrogens (primary N) is 1. The van der Waals surface area contributed by atoms with Crippen LogP contribution in [0.2, 0.25) is 0 Å². The van der Waals surface area contributed by atoms with Gasteiger partial charge in [0, 0.05) is 53.4 Å². The number of fused-ring (bicyclic) bond motifs is 1. The third-order valence-electron chi connectivity index (χ3n) is 6.25. The van der Waals surface area contributed by atoms with Gasteiger partial charge < -0.3 is 10.3 Å². The molecular formula is C29H27N5O. The van der Waals surface area contributed by atoms with Gasteiger partial charge in [0.2, 0.25) is 0 Å². The summed E-state index contributed by atoms with van der Waals surface area (Å²) in [7, 11) is 1.91. The Morgan fingerprint density at radius 1 is 0.971 bits per heavy atom. The maximum absolute atomic E-state index is 12.4. The van der Waals surface area contributed by atoms with E-state index in [9.17, 15) is 4.79 Å². The average molecular weight is 462 g/mol. The lowest BCUT2D eigenvalue weighted by molar-refractivity contribution is -0.111. The zero-order valence-corrected chi connectivity index (χ0v) is 20.0. The minimum Gasteiger partial charge on any atom is -0.402 e. The standard InChI is InChI=1S/C29H27N5O/c1-19(30)28(20(2)35)22-12-13-24-25(23-16-32-33(3)17-23)18-34(27(24)15-22)29(21-9-5-4-6-10-21)26-11-7-8-14-31-26/h4-18,29H,30H2,1-3H3/b28-19+. The van der Waals surface area contributed by atoms with Crippen LogP contribution in [0.1, 0.15) is 36.7 Å². The SMILES string of the molecule is CC(=O)/C(=C(/C)N)c1ccc2c(-c3cnn(C)c3)cn(C(c3ccccc3)c3ccccn3)c2c1. The van der Waals surface area contributed by atoms with Crippen LogP contribution in [0.4, 0.5) is 0 Å². The normalized spacial score (nSPS) is 13.0. The number of nitrogens with zero attached hydrogens (tertiary/aromatic N) is 4. The highest BCUT2D eigenvalue weighted by molar-refractivity contribution is 6.21. The van der Waals surface area contributed by atoms with Crippen molar-refractivity contribution in [3.8, 4) is 11.1 Å². The van der Waals surface area contributed by atoms with E-state index in [0.717, 1.165) is 38.9 Å². The molecule has 6 nitrogen and oxygen atoms in total. The number of carbonyl (C=O) groups excluding carboxylic acids is 1. The molecule has 0 amide bonds. The lowest BCUT2D eigenvalue weighted by atomic mass is 9.98. The molecule has 0 radical (unpaired) electrons. The van der Waals surface area contributed by atoms with Crippen LogP contribution >= 0.6 is 0 Å². The number of benzene rings is 2. The lowest BCUT2D eigenvalue weighted by Crippen LogP contribution is -2.13. The summed E-state index contributed by atoms with van der Waals surface area (Å²) in [6, 6.07) is 22.2. The van der Waals surface area contributed by atoms with Crippen molar-refractivity contribution >= 4 is 22.3 Å². The first-order valence-electron chi connectivity index (χ1n) is 11.5. The molecule has 35 heavy (non-hydrogen) atoms. The zero-order chi connectivity index (χ0) is 24.5. The Bertz CT molecular complexity index is 1500. The molecule has 0 bridgehead atoms. The zero-order valence-electron chi connectivity index (χ0n) is 20.0. The van der Waals surface area contributed by atoms with Crippen molar-refractivity contribution in [3.63, 3.8) is 0 Å². The van der Waals surface area contributed by atoms with Crippen molar-refractivity contribution in [2.45, 2.75) is 19.9 Å². The van der Waals surface area contributed by atoms with Gasteiger partial charge in [-0.3, -0.25) is 14.5 Å². The molecule has 3 heterocycles. The Kier molecular flexibility index (Phi) is 5.79. The number of ketones is 1. The number of aromatic nitrogens is 4. The van der Waals surface area contributed by atoms with E-state index in [0.29, 0.717) is 11.3 Å². The molecule has 0 spiro atoms. The third kappa shape index (κ3) is 4.15. The summed E-state index contributed by atoms with van der Waals surface area (Å²) in [5.74, 6) is -0.0562. The van der Waals surface area contributed by atoms with Crippen LogP contribution < -0.4 is 5.73 Å². The van der Waals surface area contributed by atoms with Crippen molar-refractivity contribution in [1.82, 2.24) is 19.3 Å². The summed E-state index contributed by atoms with van der Waals surface area (Å²) < 4.78 is 4.04. The van der Waals surface area contributed by atoms with E-state index in [-0.39, 0.29) is 11.8 Å². The molecule has 3 aromatic heterocycles. The fraction of sp³-hybridized carbons (Fsp3) is 0.138. The molecule has 5 aromatic rings. The van der Waals surface area contributed by atoms with Crippen LogP contribution in [-0.2, 0) is 11.8 Å². The molecular weight excluding hydrogens is 434 g/mol. The largest absolute Gasteiger partial charge is 0.402 e. The predicted octanol–water partition coefficient (Wildman–Crippen LogP) is 5.35. The van der Waals surface area contributed by atoms with E-state index in [1.807, 2.05) is 68.1 Å². The summed E-state index contributed by atoms with van der Waals surface area (Å²) >= 11 is 0. The van der Waals surface area contributed by atoms with Crippen LogP contribution in [0, 0.1) is 0 Å². The van der Waals surface area contributed by atoms with Gasteiger partial charge in [-0.1, -0.05) is 48.5 Å². The summed E-state index contributed by atoms with van der Waals surface area (Å²) in [6.45, 7) is 3.32. The molecule has 2 aromatic carbocycles. The number of rotatable bonds is 6. The number of carbonyl (C=O) groups is 1. The van der Waals surface area contributed by atoms with E-state index in [1.165, 1.54) is 0 Å². The fourth-order valence-electron chi connectivity index (χ4n) is 4.77. The Morgan fingerprint density at radius 2 is 1.74 bits per heavy atom. The van der Waals surface area contributed by atoms with Gasteiger partial charge in [0.25, 0.3) is 0 Å². The summed E-state index contributed by atoms with van der Waals surface area (Å²) in [4.78, 5) is 17.2. The van der Waals surface area contributed by atoms with Crippen LogP contribution in [0.5, 0.6) is 0 Å². The molecule has 1 unspecified atom stereocenters. The average Bonchev–Trinajstić information content (AvgIpc) is 3.44. The fourth-order valence-corrected chi connectivity index (χ4v) is 4.77. The first kappa shape index (κ1) is 22.3. The van der Waals surface area contributed by atoms with Crippen LogP contribution in [-0.4, -0.2) is 25.1 Å². The smallest absolute Gasteiger partial charge is 0.162 e. The number of pyridine rings is 1. The lowest BCUT2D eigenvalue weighted by Gasteiger charge is -2.21. The van der Waals surface area contributed by atoms with E-state index in [2.05, 4.69) is 40.1 Å². The van der Waals surface area contributed by atoms with Gasteiger partial charge >= 0.3 is 0 Å². The van der Waals surface area contributed by atoms with Crippen molar-refractivity contribution in [3.05, 3.63) is 114 Å². The van der Waals surface area contributed by atoms with E-state index >= 15 is 0 Å². The quantitative estimate of drug-likeness (QED) is 0.346. The molecule has 1 atom stereocenters. The number of allylic oxidation sites excluding steroid dienone is 2. The first-order chi connectivity index (χ1) is 16.9. The number of aryl methyl sites for hydroxylation is 1. The molecule has 0 saturated carbocycles. The van der Waals surface area contributed by atoms with Gasteiger partial charge in [-0.05, 0) is 43.2 Å². The number of Topliss-reactive ketones (excluding diaryl/α,β-unsaturated/α-hetero) is 1. The van der Waals surface area contributed by atoms with E-state index in [4.69, 9.17) is 10.7 Å². The molecule has 5 rings (SSSR count). The Hall–Kier alpha value is -4.45. The molecule has 0 saturated heterocycles. The van der Waals surface area contributed by atoms with Crippen molar-refractivity contribution in [2.75, 3.05) is 0 Å². The number of hydrogen-bond donors (Lipinski definition) is 1. The van der Waals surface area contributed by atoms with Gasteiger partial charge in [0.1, 0.15) is 6.04 Å². The molecule has 0 aliphatic heterocycles. The molecule has 0 aliphatic carbocycles. The summed E-state index contributed by atoms with van der Waals surface area (Å²) in [5.41, 5.74) is 13.1. The van der Waals surface area contributed by atoms with E-state index in [1.54, 1.807) is 18.5 Å². The Morgan fingerprint density at radius 3 is 2.37 bits per heavy atom. The monoisotopic (exact) mass is 461 g/mol. The Labute approximate surface area is 204 Å². The maximum atomic E-state index is 12.4. The molecule has 6 heteroatoms. The second-order valence-electron chi connectivity index (χ2n) is 8.77. The van der Waals surface area contributed by atoms with Gasteiger partial charge in [-0.2, -0.15) is 5.10 Å². The van der Waals surface area contributed by atoms with Crippen LogP contribution in [0.25, 0.3) is 27.6 Å². The highest BCUT2D eigenvalue weighted by atomic mass is 16.1. The number of hydrogen-bond acceptors (Lipinski definition) is 4. The highest BCUT2D eigenvalue weighted by Crippen LogP contribution is 2.37. The van der Waals surface area contributed by atoms with Crippen molar-refractivity contribution < 1.29 is 4.79 Å². The van der Waals surface area contributed by atoms with E-state index < -0.39 is 0 Å². The maximum Gasteiger partial charge on any atom is 0.162 e. The van der Waals surface area contributed by atoms with Gasteiger partial charge in [-0.25, -0.2) is 0 Å². The van der Waals surface area contributed by atoms with Crippen molar-refractivity contribution in [2.24, 2.45) is 12.8 Å². The van der Waals surface area contributed by atoms with Gasteiger partial charge in [-0.15, -0.1) is 0 Å². The summed E-state index contributed by atoms with van der Waals surface area (Å²) in [6.07, 6.45) is 7.86. The van der Waals surface area contributed by atoms with Gasteiger partial charge in [0.05, 0.1) is 17.4 Å². The topological polar surface area (TPSA) is 78.7 Å². The highest BCUT2D eigenvalue weighted by Gasteiger charge is 2.23. The second kappa shape index (κ2) is 9.06. The molecule has 2 N–H and O–H groups in total. The molecule has 0 aliphatic rings. The Balaban J connectivity index is 1.84. The second-order valence-corrected chi connectivity index (χ2v) is 8.77. The van der Waals surface area contributed by atoms with Crippen molar-refractivity contribution in [1.29, 1.82) is 0 Å². The van der Waals surface area contributed by atoms with Gasteiger partial charge in [0.15, 0.2) is 5.78 Å². The molecule has 174 valence electrons. The first-order valence-corrected chi connectivity index (χ1v) is 11.5. The van der Waals surface area contributed by atoms with Crippen LogP contribution in [0.15, 0.2) is 97.2 Å². The minimum atomic E-state index is -0.163. The molecule has 0 fully saturated rings. The van der Waals surface area contributed by atoms with Crippen LogP contribution in [0.3, 0.4) is 0 Å². The summed E-state index contributed by atoms with van der Waals surface area (Å²) in [5, 5.41) is 5.45. The minimum absolute atomic E-state index is 0.0562. The third-order valence-corrected chi connectivity index (χ3v) is 6.25.